The summed E-state index contributed by atoms with van der Waals surface area (Å²) < 4.78 is 37.0. The lowest BCUT2D eigenvalue weighted by molar-refractivity contribution is -0.387. The smallest absolute Gasteiger partial charge is 0.408 e. The molecule has 0 aromatic heterocycles. The second-order valence-electron chi connectivity index (χ2n) is 7.83. The molecule has 12 heteroatoms. The van der Waals surface area contributed by atoms with Gasteiger partial charge in [0.25, 0.3) is 5.69 Å². The molecule has 1 aliphatic rings. The summed E-state index contributed by atoms with van der Waals surface area (Å²) in [5, 5.41) is 13.7. The van der Waals surface area contributed by atoms with E-state index in [2.05, 4.69) is 5.32 Å². The van der Waals surface area contributed by atoms with Crippen molar-refractivity contribution in [3.8, 4) is 0 Å². The molecule has 0 bridgehead atoms. The first-order valence-electron chi connectivity index (χ1n) is 9.15. The van der Waals surface area contributed by atoms with Crippen LogP contribution >= 0.6 is 0 Å². The fraction of sp³-hybridized carbons (Fsp3) is 0.556. The molecule has 1 heterocycles. The molecule has 1 N–H and O–H groups in total. The van der Waals surface area contributed by atoms with E-state index in [0.29, 0.717) is 0 Å². The van der Waals surface area contributed by atoms with E-state index >= 15 is 0 Å². The molecule has 1 amide bonds. The van der Waals surface area contributed by atoms with Gasteiger partial charge in [-0.1, -0.05) is 12.1 Å². The normalized spacial score (nSPS) is 17.1. The van der Waals surface area contributed by atoms with E-state index in [9.17, 15) is 28.1 Å². The first kappa shape index (κ1) is 23.5. The molecule has 1 aliphatic heterocycles. The Hall–Kier alpha value is -2.73. The Morgan fingerprint density at radius 1 is 1.20 bits per heavy atom. The van der Waals surface area contributed by atoms with Crippen LogP contribution in [0.25, 0.3) is 0 Å². The minimum Gasteiger partial charge on any atom is -0.467 e. The molecular weight excluding hydrogens is 418 g/mol. The van der Waals surface area contributed by atoms with Gasteiger partial charge in [0.15, 0.2) is 4.90 Å². The van der Waals surface area contributed by atoms with E-state index in [1.165, 1.54) is 12.1 Å². The van der Waals surface area contributed by atoms with Crippen molar-refractivity contribution in [3.63, 3.8) is 0 Å². The number of nitro benzene ring substituents is 1. The zero-order valence-corrected chi connectivity index (χ0v) is 18.0. The summed E-state index contributed by atoms with van der Waals surface area (Å²) in [7, 11) is -3.02. The third-order valence-corrected chi connectivity index (χ3v) is 6.52. The lowest BCUT2D eigenvalue weighted by atomic mass is 9.88. The Morgan fingerprint density at radius 2 is 1.77 bits per heavy atom. The molecule has 0 unspecified atom stereocenters. The second-order valence-corrected chi connectivity index (χ2v) is 9.74. The number of carbonyl (C=O) groups is 2. The molecule has 0 saturated carbocycles. The van der Waals surface area contributed by atoms with Crippen molar-refractivity contribution in [1.82, 2.24) is 9.62 Å². The van der Waals surface area contributed by atoms with Crippen molar-refractivity contribution in [2.75, 3.05) is 20.2 Å². The number of hydrogen-bond donors (Lipinski definition) is 1. The third-order valence-electron chi connectivity index (χ3n) is 4.57. The SMILES string of the molecule is COC(=O)C1(NC(=O)OC(C)(C)C)CCN(S(=O)(=O)c2ccccc2[N+](=O)[O-])CC1. The number of alkyl carbamates (subject to hydrolysis) is 1. The highest BCUT2D eigenvalue weighted by molar-refractivity contribution is 7.89. The quantitative estimate of drug-likeness (QED) is 0.412. The van der Waals surface area contributed by atoms with Crippen molar-refractivity contribution >= 4 is 27.8 Å². The molecular formula is C18H25N3O8S. The second kappa shape index (κ2) is 8.56. The molecule has 0 atom stereocenters. The minimum absolute atomic E-state index is 0.0845. The average molecular weight is 443 g/mol. The monoisotopic (exact) mass is 443 g/mol. The number of hydrogen-bond acceptors (Lipinski definition) is 8. The Balaban J connectivity index is 2.25. The fourth-order valence-electron chi connectivity index (χ4n) is 3.15. The van der Waals surface area contributed by atoms with Crippen LogP contribution < -0.4 is 5.32 Å². The topological polar surface area (TPSA) is 145 Å². The summed E-state index contributed by atoms with van der Waals surface area (Å²) in [6, 6.07) is 5.04. The number of nitrogens with zero attached hydrogens (tertiary/aromatic N) is 2. The van der Waals surface area contributed by atoms with Gasteiger partial charge in [-0.3, -0.25) is 10.1 Å². The summed E-state index contributed by atoms with van der Waals surface area (Å²) in [6.45, 7) is 4.69. The summed E-state index contributed by atoms with van der Waals surface area (Å²) in [5.74, 6) is -0.726. The fourth-order valence-corrected chi connectivity index (χ4v) is 4.75. The first-order chi connectivity index (χ1) is 13.8. The van der Waals surface area contributed by atoms with Crippen molar-refractivity contribution in [3.05, 3.63) is 34.4 Å². The highest BCUT2D eigenvalue weighted by atomic mass is 32.2. The largest absolute Gasteiger partial charge is 0.467 e. The zero-order valence-electron chi connectivity index (χ0n) is 17.2. The van der Waals surface area contributed by atoms with Crippen molar-refractivity contribution in [2.45, 2.75) is 49.6 Å². The molecule has 0 spiro atoms. The number of benzene rings is 1. The van der Waals surface area contributed by atoms with E-state index in [1.54, 1.807) is 20.8 Å². The van der Waals surface area contributed by atoms with Crippen LogP contribution in [-0.2, 0) is 24.3 Å². The number of nitro groups is 1. The minimum atomic E-state index is -4.18. The van der Waals surface area contributed by atoms with Crippen LogP contribution in [-0.4, -0.2) is 61.0 Å². The number of methoxy groups -OCH3 is 1. The average Bonchev–Trinajstić information content (AvgIpc) is 2.66. The molecule has 0 radical (unpaired) electrons. The Bertz CT molecular complexity index is 931. The van der Waals surface area contributed by atoms with Crippen LogP contribution in [0.3, 0.4) is 0 Å². The zero-order chi connectivity index (χ0) is 22.7. The lowest BCUT2D eigenvalue weighted by Gasteiger charge is -2.39. The van der Waals surface area contributed by atoms with E-state index in [4.69, 9.17) is 9.47 Å². The van der Waals surface area contributed by atoms with Gasteiger partial charge in [0.2, 0.25) is 10.0 Å². The molecule has 166 valence electrons. The van der Waals surface area contributed by atoms with E-state index in [0.717, 1.165) is 23.5 Å². The highest BCUT2D eigenvalue weighted by Gasteiger charge is 2.47. The molecule has 1 fully saturated rings. The number of para-hydroxylation sites is 1. The van der Waals surface area contributed by atoms with Crippen molar-refractivity contribution in [1.29, 1.82) is 0 Å². The highest BCUT2D eigenvalue weighted by Crippen LogP contribution is 2.31. The predicted octanol–water partition coefficient (Wildman–Crippen LogP) is 1.82. The van der Waals surface area contributed by atoms with Gasteiger partial charge in [-0.25, -0.2) is 18.0 Å². The van der Waals surface area contributed by atoms with Crippen LogP contribution in [0.5, 0.6) is 0 Å². The van der Waals surface area contributed by atoms with E-state index in [-0.39, 0.29) is 25.9 Å². The van der Waals surface area contributed by atoms with E-state index < -0.39 is 48.7 Å². The Labute approximate surface area is 174 Å². The first-order valence-corrected chi connectivity index (χ1v) is 10.6. The van der Waals surface area contributed by atoms with Gasteiger partial charge < -0.3 is 14.8 Å². The molecule has 1 aromatic rings. The number of ether oxygens (including phenoxy) is 2. The van der Waals surface area contributed by atoms with Crippen LogP contribution in [0.4, 0.5) is 10.5 Å². The lowest BCUT2D eigenvalue weighted by Crippen LogP contribution is -2.61. The maximum Gasteiger partial charge on any atom is 0.408 e. The van der Waals surface area contributed by atoms with Crippen LogP contribution in [0, 0.1) is 10.1 Å². The number of sulfonamides is 1. The molecule has 1 aromatic carbocycles. The molecule has 30 heavy (non-hydrogen) atoms. The number of nitrogens with one attached hydrogen (secondary N) is 1. The summed E-state index contributed by atoms with van der Waals surface area (Å²) >= 11 is 0. The maximum absolute atomic E-state index is 13.0. The number of rotatable bonds is 5. The molecule has 11 nitrogen and oxygen atoms in total. The summed E-state index contributed by atoms with van der Waals surface area (Å²) in [4.78, 5) is 34.7. The summed E-state index contributed by atoms with van der Waals surface area (Å²) in [5.41, 5.74) is -2.79. The maximum atomic E-state index is 13.0. The van der Waals surface area contributed by atoms with Gasteiger partial charge in [0, 0.05) is 19.2 Å². The van der Waals surface area contributed by atoms with Gasteiger partial charge >= 0.3 is 12.1 Å². The molecule has 2 rings (SSSR count). The Kier molecular flexibility index (Phi) is 6.72. The van der Waals surface area contributed by atoms with Crippen LogP contribution in [0.2, 0.25) is 0 Å². The third kappa shape index (κ3) is 5.05. The predicted molar refractivity (Wildman–Crippen MR) is 105 cm³/mol. The number of amides is 1. The van der Waals surface area contributed by atoms with Crippen LogP contribution in [0.15, 0.2) is 29.2 Å². The Morgan fingerprint density at radius 3 is 2.27 bits per heavy atom. The van der Waals surface area contributed by atoms with Gasteiger partial charge in [0.1, 0.15) is 11.1 Å². The van der Waals surface area contributed by atoms with E-state index in [1.807, 2.05) is 0 Å². The van der Waals surface area contributed by atoms with Gasteiger partial charge in [0.05, 0.1) is 12.0 Å². The molecule has 0 aliphatic carbocycles. The van der Waals surface area contributed by atoms with Gasteiger partial charge in [-0.15, -0.1) is 0 Å². The van der Waals surface area contributed by atoms with Gasteiger partial charge in [-0.05, 0) is 39.7 Å². The molecule has 1 saturated heterocycles. The van der Waals surface area contributed by atoms with Gasteiger partial charge in [-0.2, -0.15) is 4.31 Å². The van der Waals surface area contributed by atoms with Crippen molar-refractivity contribution in [2.24, 2.45) is 0 Å². The van der Waals surface area contributed by atoms with Crippen molar-refractivity contribution < 1.29 is 32.4 Å². The standard InChI is InChI=1S/C18H25N3O8S/c1-17(2,3)29-16(23)19-18(15(22)28-4)9-11-20(12-10-18)30(26,27)14-8-6-5-7-13(14)21(24)25/h5-8H,9-12H2,1-4H3,(H,19,23). The number of carbonyl (C=O) groups excluding carboxylic acids is 2. The number of piperidine rings is 1. The summed E-state index contributed by atoms with van der Waals surface area (Å²) in [6.07, 6.45) is -1.000. The van der Waals surface area contributed by atoms with Crippen LogP contribution in [0.1, 0.15) is 33.6 Å². The number of esters is 1.